The summed E-state index contributed by atoms with van der Waals surface area (Å²) in [5, 5.41) is 3.48. The smallest absolute Gasteiger partial charge is 0.263 e. The van der Waals surface area contributed by atoms with E-state index in [2.05, 4.69) is 10.3 Å². The van der Waals surface area contributed by atoms with Gasteiger partial charge in [-0.25, -0.2) is 9.37 Å². The summed E-state index contributed by atoms with van der Waals surface area (Å²) < 4.78 is 19.3. The van der Waals surface area contributed by atoms with Crippen molar-refractivity contribution in [3.63, 3.8) is 0 Å². The summed E-state index contributed by atoms with van der Waals surface area (Å²) >= 11 is 1.16. The number of para-hydroxylation sites is 1. The number of thiazole rings is 1. The fourth-order valence-electron chi connectivity index (χ4n) is 2.71. The molecule has 1 N–H and O–H groups in total. The fraction of sp³-hybridized carbons (Fsp3) is 0.200. The van der Waals surface area contributed by atoms with E-state index in [0.717, 1.165) is 16.9 Å². The van der Waals surface area contributed by atoms with Gasteiger partial charge in [-0.15, -0.1) is 11.3 Å². The van der Waals surface area contributed by atoms with Gasteiger partial charge in [-0.1, -0.05) is 30.3 Å². The lowest BCUT2D eigenvalue weighted by molar-refractivity contribution is 0.0915. The lowest BCUT2D eigenvalue weighted by Gasteiger charge is -2.28. The molecule has 4 nitrogen and oxygen atoms in total. The number of rotatable bonds is 5. The van der Waals surface area contributed by atoms with E-state index in [0.29, 0.717) is 21.2 Å². The highest BCUT2D eigenvalue weighted by Gasteiger charge is 2.27. The minimum absolute atomic E-state index is 0.263. The molecule has 134 valence electrons. The molecule has 0 atom stereocenters. The van der Waals surface area contributed by atoms with Crippen molar-refractivity contribution < 1.29 is 13.9 Å². The zero-order chi connectivity index (χ0) is 18.7. The van der Waals surface area contributed by atoms with Crippen LogP contribution in [0.25, 0.3) is 10.6 Å². The molecular formula is C20H19FN2O2S. The Balaban J connectivity index is 1.83. The molecule has 0 spiro atoms. The number of aromatic nitrogens is 1. The van der Waals surface area contributed by atoms with Crippen LogP contribution in [0.15, 0.2) is 54.7 Å². The number of nitrogens with zero attached hydrogens (tertiary/aromatic N) is 1. The third-order valence-electron chi connectivity index (χ3n) is 4.04. The third kappa shape index (κ3) is 3.60. The van der Waals surface area contributed by atoms with Gasteiger partial charge in [-0.3, -0.25) is 4.79 Å². The molecule has 1 amide bonds. The minimum atomic E-state index is -0.647. The molecule has 0 unspecified atom stereocenters. The van der Waals surface area contributed by atoms with Crippen LogP contribution < -0.4 is 10.1 Å². The number of ether oxygens (including phenoxy) is 1. The number of hydrogen-bond acceptors (Lipinski definition) is 4. The molecule has 0 saturated carbocycles. The summed E-state index contributed by atoms with van der Waals surface area (Å²) in [6, 6.07) is 13.9. The van der Waals surface area contributed by atoms with Gasteiger partial charge in [0.2, 0.25) is 0 Å². The molecular weight excluding hydrogens is 351 g/mol. The Morgan fingerprint density at radius 2 is 1.85 bits per heavy atom. The van der Waals surface area contributed by atoms with Crippen molar-refractivity contribution in [3.8, 4) is 16.3 Å². The standard InChI is InChI=1S/C20H19FN2O2S/c1-20(2,14-9-5-7-11-16(14)25-3)23-18(24)17-12-22-19(26-17)13-8-4-6-10-15(13)21/h4-12H,1-3H3,(H,23,24). The molecule has 0 aliphatic rings. The number of amides is 1. The summed E-state index contributed by atoms with van der Waals surface area (Å²) in [7, 11) is 1.60. The van der Waals surface area contributed by atoms with E-state index in [1.165, 1.54) is 12.3 Å². The normalized spacial score (nSPS) is 11.2. The van der Waals surface area contributed by atoms with Crippen molar-refractivity contribution >= 4 is 17.2 Å². The van der Waals surface area contributed by atoms with Crippen LogP contribution in [0.3, 0.4) is 0 Å². The molecule has 0 aliphatic carbocycles. The van der Waals surface area contributed by atoms with Gasteiger partial charge >= 0.3 is 0 Å². The molecule has 26 heavy (non-hydrogen) atoms. The van der Waals surface area contributed by atoms with E-state index < -0.39 is 5.54 Å². The molecule has 0 bridgehead atoms. The first-order valence-corrected chi connectivity index (χ1v) is 8.91. The van der Waals surface area contributed by atoms with E-state index in [9.17, 15) is 9.18 Å². The average molecular weight is 370 g/mol. The van der Waals surface area contributed by atoms with Crippen LogP contribution in [0.1, 0.15) is 29.1 Å². The largest absolute Gasteiger partial charge is 0.496 e. The van der Waals surface area contributed by atoms with Crippen molar-refractivity contribution in [2.24, 2.45) is 0 Å². The van der Waals surface area contributed by atoms with Crippen molar-refractivity contribution in [2.45, 2.75) is 19.4 Å². The van der Waals surface area contributed by atoms with Crippen LogP contribution in [0, 0.1) is 5.82 Å². The van der Waals surface area contributed by atoms with E-state index in [4.69, 9.17) is 4.74 Å². The van der Waals surface area contributed by atoms with Crippen LogP contribution in [0.4, 0.5) is 4.39 Å². The number of carbonyl (C=O) groups is 1. The Hall–Kier alpha value is -2.73. The summed E-state index contributed by atoms with van der Waals surface area (Å²) in [6.45, 7) is 3.81. The zero-order valence-electron chi connectivity index (χ0n) is 14.7. The van der Waals surface area contributed by atoms with Crippen LogP contribution in [0.2, 0.25) is 0 Å². The van der Waals surface area contributed by atoms with Crippen molar-refractivity contribution in [3.05, 3.63) is 71.0 Å². The van der Waals surface area contributed by atoms with Crippen LogP contribution in [-0.2, 0) is 5.54 Å². The molecule has 0 saturated heterocycles. The summed E-state index contributed by atoms with van der Waals surface area (Å²) in [5.74, 6) is 0.0818. The van der Waals surface area contributed by atoms with Crippen LogP contribution in [-0.4, -0.2) is 18.0 Å². The van der Waals surface area contributed by atoms with Crippen molar-refractivity contribution in [1.29, 1.82) is 0 Å². The second-order valence-corrected chi connectivity index (χ2v) is 7.32. The van der Waals surface area contributed by atoms with Gasteiger partial charge in [0.25, 0.3) is 5.91 Å². The summed E-state index contributed by atoms with van der Waals surface area (Å²) in [6.07, 6.45) is 1.47. The molecule has 1 heterocycles. The van der Waals surface area contributed by atoms with Gasteiger partial charge in [-0.05, 0) is 32.0 Å². The minimum Gasteiger partial charge on any atom is -0.496 e. The lowest BCUT2D eigenvalue weighted by atomic mass is 9.93. The average Bonchev–Trinajstić information content (AvgIpc) is 3.12. The Bertz CT molecular complexity index is 937. The highest BCUT2D eigenvalue weighted by Crippen LogP contribution is 2.31. The number of methoxy groups -OCH3 is 1. The maximum atomic E-state index is 13.9. The second-order valence-electron chi connectivity index (χ2n) is 6.29. The first kappa shape index (κ1) is 18.1. The SMILES string of the molecule is COc1ccccc1C(C)(C)NC(=O)c1cnc(-c2ccccc2F)s1. The van der Waals surface area contributed by atoms with Gasteiger partial charge in [0.15, 0.2) is 0 Å². The predicted octanol–water partition coefficient (Wildman–Crippen LogP) is 4.62. The Morgan fingerprint density at radius 1 is 1.15 bits per heavy atom. The van der Waals surface area contributed by atoms with Gasteiger partial charge in [0.05, 0.1) is 18.8 Å². The number of hydrogen-bond donors (Lipinski definition) is 1. The maximum absolute atomic E-state index is 13.9. The Morgan fingerprint density at radius 3 is 2.58 bits per heavy atom. The molecule has 3 rings (SSSR count). The molecule has 0 radical (unpaired) electrons. The number of carbonyl (C=O) groups excluding carboxylic acids is 1. The van der Waals surface area contributed by atoms with Gasteiger partial charge in [0.1, 0.15) is 21.5 Å². The number of nitrogens with one attached hydrogen (secondary N) is 1. The van der Waals surface area contributed by atoms with Crippen LogP contribution >= 0.6 is 11.3 Å². The van der Waals surface area contributed by atoms with Crippen molar-refractivity contribution in [2.75, 3.05) is 7.11 Å². The van der Waals surface area contributed by atoms with Gasteiger partial charge < -0.3 is 10.1 Å². The number of benzene rings is 2. The molecule has 3 aromatic rings. The molecule has 0 fully saturated rings. The van der Waals surface area contributed by atoms with Crippen LogP contribution in [0.5, 0.6) is 5.75 Å². The van der Waals surface area contributed by atoms with Gasteiger partial charge in [0, 0.05) is 11.1 Å². The second kappa shape index (κ2) is 7.25. The molecule has 0 aliphatic heterocycles. The zero-order valence-corrected chi connectivity index (χ0v) is 15.6. The van der Waals surface area contributed by atoms with Gasteiger partial charge in [-0.2, -0.15) is 0 Å². The maximum Gasteiger partial charge on any atom is 0.263 e. The lowest BCUT2D eigenvalue weighted by Crippen LogP contribution is -2.40. The molecule has 6 heteroatoms. The summed E-state index contributed by atoms with van der Waals surface area (Å²) in [4.78, 5) is 17.3. The topological polar surface area (TPSA) is 51.2 Å². The third-order valence-corrected chi connectivity index (χ3v) is 5.07. The highest BCUT2D eigenvalue weighted by atomic mass is 32.1. The van der Waals surface area contributed by atoms with E-state index in [1.54, 1.807) is 25.3 Å². The Labute approximate surface area is 155 Å². The summed E-state index contributed by atoms with van der Waals surface area (Å²) in [5.41, 5.74) is 0.612. The number of halogens is 1. The fourth-order valence-corrected chi connectivity index (χ4v) is 3.55. The Kier molecular flexibility index (Phi) is 5.04. The quantitative estimate of drug-likeness (QED) is 0.713. The first-order chi connectivity index (χ1) is 12.4. The van der Waals surface area contributed by atoms with E-state index in [-0.39, 0.29) is 11.7 Å². The predicted molar refractivity (Wildman–Crippen MR) is 101 cm³/mol. The molecule has 1 aromatic heterocycles. The first-order valence-electron chi connectivity index (χ1n) is 8.09. The monoisotopic (exact) mass is 370 g/mol. The van der Waals surface area contributed by atoms with E-state index in [1.807, 2.05) is 38.1 Å². The van der Waals surface area contributed by atoms with Crippen molar-refractivity contribution in [1.82, 2.24) is 10.3 Å². The molecule has 2 aromatic carbocycles. The highest BCUT2D eigenvalue weighted by molar-refractivity contribution is 7.16. The van der Waals surface area contributed by atoms with E-state index >= 15 is 0 Å².